The van der Waals surface area contributed by atoms with Crippen molar-refractivity contribution < 1.29 is 82.2 Å². The van der Waals surface area contributed by atoms with E-state index in [2.05, 4.69) is 0 Å². The van der Waals surface area contributed by atoms with Gasteiger partial charge >= 0.3 is 24.7 Å². The van der Waals surface area contributed by atoms with E-state index in [9.17, 15) is 77.6 Å². The summed E-state index contributed by atoms with van der Waals surface area (Å²) in [4.78, 5) is 25.8. The van der Waals surface area contributed by atoms with E-state index in [1.165, 1.54) is 0 Å². The largest absolute Gasteiger partial charge is 0.508 e. The minimum absolute atomic E-state index is 0.181. The van der Waals surface area contributed by atoms with E-state index in [-0.39, 0.29) is 9.48 Å². The van der Waals surface area contributed by atoms with Crippen molar-refractivity contribution in [1.29, 1.82) is 0 Å². The Hall–Kier alpha value is -4.03. The highest BCUT2D eigenvalue weighted by molar-refractivity contribution is 6.31. The van der Waals surface area contributed by atoms with Crippen molar-refractivity contribution in [1.82, 2.24) is 0 Å². The number of hydrogen-bond donors (Lipinski definition) is 3. The lowest BCUT2D eigenvalue weighted by Gasteiger charge is -2.27. The molecular weight excluding hydrogens is 636 g/mol. The number of carbonyl (C=O) groups excluding carboxylic acids is 2. The second-order valence-corrected chi connectivity index (χ2v) is 9.64. The number of phenolic OH excluding ortho intramolecular Hbond substituents is 1. The van der Waals surface area contributed by atoms with Crippen LogP contribution in [0.4, 0.5) is 58.4 Å². The van der Waals surface area contributed by atoms with Crippen molar-refractivity contribution in [2.24, 2.45) is 0 Å². The molecule has 0 spiro atoms. The molecule has 2 aliphatic rings. The number of allylic oxidation sites excluding steroid dienone is 3. The van der Waals surface area contributed by atoms with Gasteiger partial charge in [0.05, 0.1) is 17.6 Å². The number of aromatic hydroxyl groups is 1. The molecule has 0 saturated heterocycles. The third kappa shape index (κ3) is 8.54. The van der Waals surface area contributed by atoms with Gasteiger partial charge in [-0.1, -0.05) is 6.07 Å². The molecule has 1 fully saturated rings. The normalized spacial score (nSPS) is 21.7. The van der Waals surface area contributed by atoms with Crippen LogP contribution in [-0.2, 0) is 9.59 Å². The van der Waals surface area contributed by atoms with Crippen LogP contribution in [0.2, 0.25) is 0 Å². The van der Waals surface area contributed by atoms with Gasteiger partial charge in [-0.2, -0.15) is 52.7 Å². The summed E-state index contributed by atoms with van der Waals surface area (Å²) < 4.78 is 154. The number of rotatable bonds is 6. The molecule has 0 bridgehead atoms. The summed E-state index contributed by atoms with van der Waals surface area (Å²) in [6.07, 6.45) is -21.1. The summed E-state index contributed by atoms with van der Waals surface area (Å²) in [6, 6.07) is 1.76. The molecule has 242 valence electrons. The summed E-state index contributed by atoms with van der Waals surface area (Å²) in [6.45, 7) is -8.38. The molecule has 19 heteroatoms. The number of aliphatic hydroxyl groups is 2. The van der Waals surface area contributed by atoms with Gasteiger partial charge in [0.15, 0.2) is 11.6 Å². The predicted octanol–water partition coefficient (Wildman–Crippen LogP) is 4.81. The SMILES string of the molecule is O=C1C(=C2C=CC(=[N+](CC(F)(F)F)CC(F)(F)F)C=C2O)C(=O)C(c2ccc(N(CC(F)(F)F)CC(F)(F)F)cc2O)C1O. The van der Waals surface area contributed by atoms with Crippen molar-refractivity contribution >= 4 is 23.0 Å². The third-order valence-corrected chi connectivity index (χ3v) is 6.17. The number of nitrogens with zero attached hydrogens (tertiary/aromatic N) is 2. The molecule has 44 heavy (non-hydrogen) atoms. The van der Waals surface area contributed by atoms with Crippen LogP contribution in [-0.4, -0.2) is 94.2 Å². The Morgan fingerprint density at radius 1 is 0.750 bits per heavy atom. The maximum Gasteiger partial charge on any atom is 0.448 e. The zero-order chi connectivity index (χ0) is 33.6. The zero-order valence-electron chi connectivity index (χ0n) is 21.5. The van der Waals surface area contributed by atoms with E-state index < -0.39 is 114 Å². The molecule has 3 N–H and O–H groups in total. The average molecular weight is 655 g/mol. The minimum Gasteiger partial charge on any atom is -0.508 e. The van der Waals surface area contributed by atoms with Crippen molar-refractivity contribution in [2.75, 3.05) is 31.1 Å². The van der Waals surface area contributed by atoms with E-state index in [1.54, 1.807) is 0 Å². The molecule has 1 aromatic carbocycles. The van der Waals surface area contributed by atoms with Crippen molar-refractivity contribution in [3.63, 3.8) is 0 Å². The number of hydrogen-bond acceptors (Lipinski definition) is 6. The van der Waals surface area contributed by atoms with Crippen LogP contribution in [0.15, 0.2) is 53.3 Å². The first kappa shape index (κ1) is 34.5. The van der Waals surface area contributed by atoms with E-state index in [0.717, 1.165) is 0 Å². The molecule has 0 amide bonds. The van der Waals surface area contributed by atoms with E-state index in [1.807, 2.05) is 0 Å². The first-order valence-corrected chi connectivity index (χ1v) is 11.9. The number of benzene rings is 1. The number of aliphatic hydroxyl groups excluding tert-OH is 2. The lowest BCUT2D eigenvalue weighted by molar-refractivity contribution is -0.582. The van der Waals surface area contributed by atoms with Crippen molar-refractivity contribution in [2.45, 2.75) is 36.7 Å². The van der Waals surface area contributed by atoms with Crippen LogP contribution in [0.1, 0.15) is 11.5 Å². The number of phenols is 1. The number of ketones is 2. The number of Topliss-reactive ketones (excluding diaryl/α,β-unsaturated/α-hetero) is 2. The number of alkyl halides is 12. The van der Waals surface area contributed by atoms with Crippen LogP contribution < -0.4 is 4.90 Å². The highest BCUT2D eigenvalue weighted by atomic mass is 19.4. The maximum atomic E-state index is 13.2. The quantitative estimate of drug-likeness (QED) is 0.176. The fourth-order valence-corrected chi connectivity index (χ4v) is 4.56. The zero-order valence-corrected chi connectivity index (χ0v) is 21.5. The minimum atomic E-state index is -5.11. The molecule has 2 unspecified atom stereocenters. The van der Waals surface area contributed by atoms with Crippen LogP contribution >= 0.6 is 0 Å². The molecule has 0 aliphatic heterocycles. The van der Waals surface area contributed by atoms with Gasteiger partial charge < -0.3 is 20.2 Å². The highest BCUT2D eigenvalue weighted by Crippen LogP contribution is 2.41. The Labute approximate surface area is 238 Å². The van der Waals surface area contributed by atoms with Crippen molar-refractivity contribution in [3.8, 4) is 5.75 Å². The van der Waals surface area contributed by atoms with E-state index in [4.69, 9.17) is 0 Å². The Bertz CT molecular complexity index is 1410. The Morgan fingerprint density at radius 3 is 1.70 bits per heavy atom. The lowest BCUT2D eigenvalue weighted by Crippen LogP contribution is -2.40. The highest BCUT2D eigenvalue weighted by Gasteiger charge is 2.49. The fraction of sp³-hybridized carbons (Fsp3) is 0.400. The molecule has 1 aromatic rings. The second-order valence-electron chi connectivity index (χ2n) is 9.64. The summed E-state index contributed by atoms with van der Waals surface area (Å²) in [7, 11) is 0. The number of carbonyl (C=O) groups is 2. The Kier molecular flexibility index (Phi) is 9.25. The Balaban J connectivity index is 2.02. The monoisotopic (exact) mass is 655 g/mol. The number of anilines is 1. The van der Waals surface area contributed by atoms with Gasteiger partial charge in [0.25, 0.3) is 0 Å². The van der Waals surface area contributed by atoms with Gasteiger partial charge in [-0.15, -0.1) is 0 Å². The topological polar surface area (TPSA) is 101 Å². The van der Waals surface area contributed by atoms with Crippen LogP contribution in [0, 0.1) is 0 Å². The number of halogens is 12. The first-order chi connectivity index (χ1) is 19.9. The van der Waals surface area contributed by atoms with Gasteiger partial charge in [-0.3, -0.25) is 9.59 Å². The van der Waals surface area contributed by atoms with E-state index in [0.29, 0.717) is 36.4 Å². The molecule has 0 radical (unpaired) electrons. The molecule has 7 nitrogen and oxygen atoms in total. The first-order valence-electron chi connectivity index (χ1n) is 11.9. The van der Waals surface area contributed by atoms with Crippen LogP contribution in [0.25, 0.3) is 0 Å². The molecule has 2 aliphatic carbocycles. The van der Waals surface area contributed by atoms with Crippen LogP contribution in [0.5, 0.6) is 5.75 Å². The predicted molar refractivity (Wildman–Crippen MR) is 125 cm³/mol. The standard InChI is InChI=1S/C25H18F12N2O5/c26-22(27,28)7-38(8-23(29,30)31)11-1-3-13(15(40)5-11)17-19(42)18(21(44)20(17)43)14-4-2-12(6-16(14)41)39(9-24(32,33)34)10-25(35,36)37/h1-6,17,20,40,43H,7-10H2/p+1. The average Bonchev–Trinajstić information content (AvgIpc) is 3.02. The summed E-state index contributed by atoms with van der Waals surface area (Å²) in [5.41, 5.74) is -3.93. The smallest absolute Gasteiger partial charge is 0.448 e. The molecule has 2 atom stereocenters. The second kappa shape index (κ2) is 11.8. The van der Waals surface area contributed by atoms with E-state index >= 15 is 0 Å². The summed E-state index contributed by atoms with van der Waals surface area (Å²) >= 11 is 0. The van der Waals surface area contributed by atoms with Crippen LogP contribution in [0.3, 0.4) is 0 Å². The van der Waals surface area contributed by atoms with Gasteiger partial charge in [-0.05, 0) is 12.1 Å². The molecule has 3 rings (SSSR count). The molecule has 0 aromatic heterocycles. The van der Waals surface area contributed by atoms with Gasteiger partial charge in [-0.25, -0.2) is 4.58 Å². The van der Waals surface area contributed by atoms with Gasteiger partial charge in [0.2, 0.25) is 18.8 Å². The van der Waals surface area contributed by atoms with Gasteiger partial charge in [0, 0.05) is 29.0 Å². The molecule has 0 heterocycles. The lowest BCUT2D eigenvalue weighted by atomic mass is 9.92. The molecule has 1 saturated carbocycles. The van der Waals surface area contributed by atoms with Gasteiger partial charge in [0.1, 0.15) is 30.7 Å². The Morgan fingerprint density at radius 2 is 1.27 bits per heavy atom. The van der Waals surface area contributed by atoms with Crippen molar-refractivity contribution in [3.05, 3.63) is 58.9 Å². The summed E-state index contributed by atoms with van der Waals surface area (Å²) in [5.74, 6) is -6.99. The third-order valence-electron chi connectivity index (χ3n) is 6.17. The maximum absolute atomic E-state index is 13.2. The fourth-order valence-electron chi connectivity index (χ4n) is 4.56. The summed E-state index contributed by atoms with van der Waals surface area (Å²) in [5, 5.41) is 31.2. The molecular formula is C25H19F12N2O5+.